The number of rotatable bonds is 3. The zero-order valence-corrected chi connectivity index (χ0v) is 8.75. The first-order chi connectivity index (χ1) is 7.99. The van der Waals surface area contributed by atoms with E-state index < -0.39 is 11.7 Å². The predicted molar refractivity (Wildman–Crippen MR) is 58.5 cm³/mol. The number of nitrogens with one attached hydrogen (secondary N) is 1. The molecule has 0 radical (unpaired) electrons. The smallest absolute Gasteiger partial charge is 0.324 e. The third-order valence-electron chi connectivity index (χ3n) is 2.04. The zero-order chi connectivity index (χ0) is 12.9. The van der Waals surface area contributed by atoms with Crippen molar-refractivity contribution in [2.75, 3.05) is 5.43 Å². The Kier molecular flexibility index (Phi) is 4.12. The van der Waals surface area contributed by atoms with Crippen molar-refractivity contribution >= 4 is 11.8 Å². The van der Waals surface area contributed by atoms with Crippen LogP contribution in [0.3, 0.4) is 0 Å². The normalized spacial score (nSPS) is 11.5. The SMILES string of the molecule is N#CCC=Cc1ccc(C(F)(F)F)cc1NN. The van der Waals surface area contributed by atoms with Crippen LogP contribution in [0.15, 0.2) is 24.3 Å². The largest absolute Gasteiger partial charge is 0.416 e. The highest BCUT2D eigenvalue weighted by molar-refractivity contribution is 5.67. The lowest BCUT2D eigenvalue weighted by Gasteiger charge is -2.10. The molecule has 0 aliphatic heterocycles. The Balaban J connectivity index is 3.07. The Morgan fingerprint density at radius 1 is 1.41 bits per heavy atom. The molecule has 0 aliphatic rings. The third-order valence-corrected chi connectivity index (χ3v) is 2.04. The van der Waals surface area contributed by atoms with Gasteiger partial charge in [-0.2, -0.15) is 18.4 Å². The first-order valence-corrected chi connectivity index (χ1v) is 4.70. The second-order valence-electron chi connectivity index (χ2n) is 3.21. The second kappa shape index (κ2) is 5.37. The molecule has 3 N–H and O–H groups in total. The molecule has 0 aromatic heterocycles. The maximum absolute atomic E-state index is 12.4. The molecule has 1 aromatic carbocycles. The number of halogens is 3. The van der Waals surface area contributed by atoms with E-state index in [9.17, 15) is 13.2 Å². The van der Waals surface area contributed by atoms with Gasteiger partial charge in [0.25, 0.3) is 0 Å². The van der Waals surface area contributed by atoms with Crippen LogP contribution in [0.1, 0.15) is 17.5 Å². The topological polar surface area (TPSA) is 61.8 Å². The predicted octanol–water partition coefficient (Wildman–Crippen LogP) is 2.92. The molecule has 0 aliphatic carbocycles. The standard InChI is InChI=1S/C11H10F3N3/c12-11(13,14)9-5-4-8(3-1-2-6-15)10(7-9)17-16/h1,3-5,7,17H,2,16H2. The molecule has 6 heteroatoms. The van der Waals surface area contributed by atoms with Crippen LogP contribution in [-0.4, -0.2) is 0 Å². The number of nitrogens with two attached hydrogens (primary N) is 1. The maximum atomic E-state index is 12.4. The fraction of sp³-hybridized carbons (Fsp3) is 0.182. The van der Waals surface area contributed by atoms with E-state index >= 15 is 0 Å². The van der Waals surface area contributed by atoms with Gasteiger partial charge >= 0.3 is 6.18 Å². The fourth-order valence-corrected chi connectivity index (χ4v) is 1.24. The number of anilines is 1. The number of hydrogen-bond acceptors (Lipinski definition) is 3. The van der Waals surface area contributed by atoms with Gasteiger partial charge in [0.05, 0.1) is 23.7 Å². The molecule has 0 spiro atoms. The minimum Gasteiger partial charge on any atom is -0.324 e. The highest BCUT2D eigenvalue weighted by Gasteiger charge is 2.30. The van der Waals surface area contributed by atoms with Gasteiger partial charge in [-0.3, -0.25) is 5.84 Å². The van der Waals surface area contributed by atoms with Gasteiger partial charge in [0, 0.05) is 0 Å². The van der Waals surface area contributed by atoms with E-state index in [0.717, 1.165) is 12.1 Å². The van der Waals surface area contributed by atoms with Crippen LogP contribution < -0.4 is 11.3 Å². The van der Waals surface area contributed by atoms with Crippen molar-refractivity contribution in [3.63, 3.8) is 0 Å². The minimum absolute atomic E-state index is 0.161. The van der Waals surface area contributed by atoms with Gasteiger partial charge in [-0.1, -0.05) is 18.2 Å². The molecule has 0 bridgehead atoms. The van der Waals surface area contributed by atoms with Gasteiger partial charge in [0.15, 0.2) is 0 Å². The van der Waals surface area contributed by atoms with E-state index in [1.807, 2.05) is 6.07 Å². The lowest BCUT2D eigenvalue weighted by molar-refractivity contribution is -0.137. The summed E-state index contributed by atoms with van der Waals surface area (Å²) in [7, 11) is 0. The number of nitrogens with zero attached hydrogens (tertiary/aromatic N) is 1. The number of nitriles is 1. The van der Waals surface area contributed by atoms with Gasteiger partial charge in [0.2, 0.25) is 0 Å². The molecular formula is C11H10F3N3. The minimum atomic E-state index is -4.40. The van der Waals surface area contributed by atoms with Crippen LogP contribution in [-0.2, 0) is 6.18 Å². The van der Waals surface area contributed by atoms with Crippen LogP contribution in [0.25, 0.3) is 6.08 Å². The summed E-state index contributed by atoms with van der Waals surface area (Å²) in [5.41, 5.74) is 2.08. The number of nitrogen functional groups attached to an aromatic ring is 1. The summed E-state index contributed by atoms with van der Waals surface area (Å²) >= 11 is 0. The Morgan fingerprint density at radius 3 is 2.65 bits per heavy atom. The van der Waals surface area contributed by atoms with Gasteiger partial charge in [0.1, 0.15) is 0 Å². The van der Waals surface area contributed by atoms with Crippen LogP contribution in [0, 0.1) is 11.3 Å². The molecule has 0 heterocycles. The van der Waals surface area contributed by atoms with Crippen molar-refractivity contribution < 1.29 is 13.2 Å². The molecular weight excluding hydrogens is 231 g/mol. The Bertz CT molecular complexity index is 458. The van der Waals surface area contributed by atoms with Crippen LogP contribution in [0.2, 0.25) is 0 Å². The molecule has 0 saturated heterocycles. The Morgan fingerprint density at radius 2 is 2.12 bits per heavy atom. The summed E-state index contributed by atoms with van der Waals surface area (Å²) in [6.07, 6.45) is -1.13. The zero-order valence-electron chi connectivity index (χ0n) is 8.75. The van der Waals surface area contributed by atoms with Gasteiger partial charge in [-0.25, -0.2) is 0 Å². The Hall–Kier alpha value is -2.00. The lowest BCUT2D eigenvalue weighted by atomic mass is 10.1. The molecule has 0 saturated carbocycles. The monoisotopic (exact) mass is 241 g/mol. The third kappa shape index (κ3) is 3.50. The summed E-state index contributed by atoms with van der Waals surface area (Å²) in [5.74, 6) is 5.15. The van der Waals surface area contributed by atoms with E-state index in [2.05, 4.69) is 5.43 Å². The van der Waals surface area contributed by atoms with Crippen molar-refractivity contribution in [1.82, 2.24) is 0 Å². The number of hydrazine groups is 1. The van der Waals surface area contributed by atoms with Crippen LogP contribution in [0.5, 0.6) is 0 Å². The molecule has 0 amide bonds. The van der Waals surface area contributed by atoms with Crippen molar-refractivity contribution in [1.29, 1.82) is 5.26 Å². The molecule has 0 atom stereocenters. The average Bonchev–Trinajstić information content (AvgIpc) is 2.28. The summed E-state index contributed by atoms with van der Waals surface area (Å²) in [6.45, 7) is 0. The number of alkyl halides is 3. The van der Waals surface area contributed by atoms with Gasteiger partial charge in [-0.05, 0) is 17.7 Å². The quantitative estimate of drug-likeness (QED) is 0.631. The number of benzene rings is 1. The summed E-state index contributed by atoms with van der Waals surface area (Å²) in [5, 5.41) is 8.33. The fourth-order valence-electron chi connectivity index (χ4n) is 1.24. The van der Waals surface area contributed by atoms with E-state index in [4.69, 9.17) is 11.1 Å². The van der Waals surface area contributed by atoms with Crippen molar-refractivity contribution in [3.05, 3.63) is 35.4 Å². The van der Waals surface area contributed by atoms with Crippen LogP contribution >= 0.6 is 0 Å². The van der Waals surface area contributed by atoms with Crippen LogP contribution in [0.4, 0.5) is 18.9 Å². The summed E-state index contributed by atoms with van der Waals surface area (Å²) in [6, 6.07) is 5.08. The molecule has 0 fully saturated rings. The average molecular weight is 241 g/mol. The number of hydrogen-bond donors (Lipinski definition) is 2. The van der Waals surface area contributed by atoms with E-state index in [1.54, 1.807) is 12.2 Å². The van der Waals surface area contributed by atoms with Gasteiger partial charge in [-0.15, -0.1) is 0 Å². The van der Waals surface area contributed by atoms with Crippen molar-refractivity contribution in [2.24, 2.45) is 5.84 Å². The number of allylic oxidation sites excluding steroid dienone is 1. The Labute approximate surface area is 96.3 Å². The first kappa shape index (κ1) is 13.1. The van der Waals surface area contributed by atoms with E-state index in [1.165, 1.54) is 6.07 Å². The van der Waals surface area contributed by atoms with E-state index in [-0.39, 0.29) is 12.1 Å². The molecule has 17 heavy (non-hydrogen) atoms. The highest BCUT2D eigenvalue weighted by atomic mass is 19.4. The summed E-state index contributed by atoms with van der Waals surface area (Å²) in [4.78, 5) is 0. The molecule has 0 unspecified atom stereocenters. The first-order valence-electron chi connectivity index (χ1n) is 4.70. The molecule has 1 aromatic rings. The molecule has 90 valence electrons. The van der Waals surface area contributed by atoms with Crippen molar-refractivity contribution in [2.45, 2.75) is 12.6 Å². The molecule has 3 nitrogen and oxygen atoms in total. The highest BCUT2D eigenvalue weighted by Crippen LogP contribution is 2.32. The van der Waals surface area contributed by atoms with Gasteiger partial charge < -0.3 is 5.43 Å². The second-order valence-corrected chi connectivity index (χ2v) is 3.21. The summed E-state index contributed by atoms with van der Waals surface area (Å²) < 4.78 is 37.2. The van der Waals surface area contributed by atoms with E-state index in [0.29, 0.717) is 5.56 Å². The lowest BCUT2D eigenvalue weighted by Crippen LogP contribution is -2.11. The maximum Gasteiger partial charge on any atom is 0.416 e. The van der Waals surface area contributed by atoms with Crippen molar-refractivity contribution in [3.8, 4) is 6.07 Å². The molecule has 1 rings (SSSR count).